The highest BCUT2D eigenvalue weighted by Crippen LogP contribution is 2.19. The molecule has 0 saturated heterocycles. The minimum Gasteiger partial charge on any atom is -0.460 e. The third-order valence-corrected chi connectivity index (χ3v) is 3.83. The molecule has 0 heterocycles. The Balaban J connectivity index is 2.66. The van der Waals surface area contributed by atoms with Crippen molar-refractivity contribution in [1.29, 1.82) is 0 Å². The highest BCUT2D eigenvalue weighted by molar-refractivity contribution is 5.73. The minimum atomic E-state index is -0.613. The Labute approximate surface area is 162 Å². The zero-order valence-corrected chi connectivity index (χ0v) is 17.5. The maximum Gasteiger partial charge on any atom is 0.408 e. The number of ether oxygens (including phenoxy) is 3. The predicted octanol–water partition coefficient (Wildman–Crippen LogP) is 4.17. The fraction of sp³-hybridized carbons (Fsp3) is 0.619. The number of methoxy groups -OCH3 is 1. The van der Waals surface area contributed by atoms with E-state index in [1.54, 1.807) is 7.11 Å². The molecule has 0 saturated carbocycles. The lowest BCUT2D eigenvalue weighted by molar-refractivity contribution is -0.153. The van der Waals surface area contributed by atoms with Crippen molar-refractivity contribution in [2.45, 2.75) is 71.6 Å². The molecule has 0 spiro atoms. The lowest BCUT2D eigenvalue weighted by atomic mass is 10.0. The van der Waals surface area contributed by atoms with Crippen LogP contribution in [0.1, 0.15) is 65.1 Å². The molecule has 0 aliphatic heterocycles. The maximum absolute atomic E-state index is 12.2. The van der Waals surface area contributed by atoms with E-state index in [2.05, 4.69) is 5.32 Å². The van der Waals surface area contributed by atoms with Gasteiger partial charge in [0.1, 0.15) is 11.2 Å². The topological polar surface area (TPSA) is 73.9 Å². The monoisotopic (exact) mass is 379 g/mol. The van der Waals surface area contributed by atoms with Gasteiger partial charge < -0.3 is 19.5 Å². The lowest BCUT2D eigenvalue weighted by Crippen LogP contribution is -2.36. The van der Waals surface area contributed by atoms with Gasteiger partial charge in [0.25, 0.3) is 0 Å². The number of amides is 1. The fourth-order valence-electron chi connectivity index (χ4n) is 2.46. The quantitative estimate of drug-likeness (QED) is 0.686. The first-order valence-corrected chi connectivity index (χ1v) is 9.21. The molecule has 1 N–H and O–H groups in total. The first kappa shape index (κ1) is 23.0. The van der Waals surface area contributed by atoms with Crippen LogP contribution in [0.2, 0.25) is 0 Å². The van der Waals surface area contributed by atoms with Crippen molar-refractivity contribution in [3.8, 4) is 0 Å². The smallest absolute Gasteiger partial charge is 0.408 e. The summed E-state index contributed by atoms with van der Waals surface area (Å²) < 4.78 is 15.9. The second kappa shape index (κ2) is 9.74. The molecule has 27 heavy (non-hydrogen) atoms. The Morgan fingerprint density at radius 1 is 1.11 bits per heavy atom. The second-order valence-electron chi connectivity index (χ2n) is 8.27. The molecule has 0 bridgehead atoms. The minimum absolute atomic E-state index is 0.187. The Hall–Kier alpha value is -2.08. The molecule has 6 heteroatoms. The van der Waals surface area contributed by atoms with Crippen molar-refractivity contribution in [3.63, 3.8) is 0 Å². The number of nitrogens with one attached hydrogen (secondary N) is 1. The SMILES string of the molecule is COCCC(C)(C)OC(=O)NC(C)c1cccc(CC(=O)OC(C)(C)C)c1. The maximum atomic E-state index is 12.2. The Kier molecular flexibility index (Phi) is 8.28. The standard InChI is InChI=1S/C21H33NO5/c1-15(22-19(24)27-21(5,6)11-12-25-7)17-10-8-9-16(13-17)14-18(23)26-20(2,3)4/h8-10,13,15H,11-12,14H2,1-7H3,(H,22,24). The number of hydrogen-bond donors (Lipinski definition) is 1. The highest BCUT2D eigenvalue weighted by atomic mass is 16.6. The van der Waals surface area contributed by atoms with Crippen LogP contribution in [0.25, 0.3) is 0 Å². The van der Waals surface area contributed by atoms with E-state index < -0.39 is 17.3 Å². The zero-order chi connectivity index (χ0) is 20.7. The summed E-state index contributed by atoms with van der Waals surface area (Å²) in [6.45, 7) is 11.6. The van der Waals surface area contributed by atoms with Crippen LogP contribution in [0.5, 0.6) is 0 Å². The average molecular weight is 379 g/mol. The summed E-state index contributed by atoms with van der Waals surface area (Å²) in [5.74, 6) is -0.278. The van der Waals surface area contributed by atoms with E-state index in [1.165, 1.54) is 0 Å². The van der Waals surface area contributed by atoms with Crippen LogP contribution in [0.15, 0.2) is 24.3 Å². The van der Waals surface area contributed by atoms with Gasteiger partial charge in [0.05, 0.1) is 12.5 Å². The molecule has 152 valence electrons. The van der Waals surface area contributed by atoms with Crippen molar-refractivity contribution < 1.29 is 23.8 Å². The number of carbonyl (C=O) groups excluding carboxylic acids is 2. The molecular weight excluding hydrogens is 346 g/mol. The van der Waals surface area contributed by atoms with Gasteiger partial charge in [-0.15, -0.1) is 0 Å². The number of hydrogen-bond acceptors (Lipinski definition) is 5. The normalized spacial score (nSPS) is 13.0. The summed E-state index contributed by atoms with van der Waals surface area (Å²) in [7, 11) is 1.61. The summed E-state index contributed by atoms with van der Waals surface area (Å²) in [6.07, 6.45) is 0.310. The van der Waals surface area contributed by atoms with Gasteiger partial charge >= 0.3 is 12.1 Å². The van der Waals surface area contributed by atoms with Crippen molar-refractivity contribution in [1.82, 2.24) is 5.32 Å². The van der Waals surface area contributed by atoms with Crippen LogP contribution >= 0.6 is 0 Å². The van der Waals surface area contributed by atoms with Gasteiger partial charge in [0, 0.05) is 20.1 Å². The van der Waals surface area contributed by atoms with Crippen LogP contribution in [0.4, 0.5) is 4.79 Å². The molecule has 1 amide bonds. The molecule has 1 aromatic rings. The summed E-state index contributed by atoms with van der Waals surface area (Å²) in [5.41, 5.74) is 0.605. The molecule has 0 aliphatic carbocycles. The van der Waals surface area contributed by atoms with Gasteiger partial charge in [-0.25, -0.2) is 4.79 Å². The number of benzene rings is 1. The van der Waals surface area contributed by atoms with Crippen molar-refractivity contribution in [2.24, 2.45) is 0 Å². The number of esters is 1. The van der Waals surface area contributed by atoms with E-state index >= 15 is 0 Å². The van der Waals surface area contributed by atoms with E-state index in [4.69, 9.17) is 14.2 Å². The van der Waals surface area contributed by atoms with Crippen LogP contribution in [-0.4, -0.2) is 37.0 Å². The van der Waals surface area contributed by atoms with Crippen molar-refractivity contribution in [3.05, 3.63) is 35.4 Å². The Morgan fingerprint density at radius 2 is 1.78 bits per heavy atom. The fourth-order valence-corrected chi connectivity index (χ4v) is 2.46. The van der Waals surface area contributed by atoms with Gasteiger partial charge in [0.15, 0.2) is 0 Å². The number of carbonyl (C=O) groups is 2. The molecule has 0 radical (unpaired) electrons. The second-order valence-corrected chi connectivity index (χ2v) is 8.27. The molecule has 0 aromatic heterocycles. The van der Waals surface area contributed by atoms with E-state index in [0.29, 0.717) is 13.0 Å². The van der Waals surface area contributed by atoms with Crippen molar-refractivity contribution in [2.75, 3.05) is 13.7 Å². The van der Waals surface area contributed by atoms with Gasteiger partial charge in [-0.05, 0) is 52.7 Å². The molecule has 1 unspecified atom stereocenters. The van der Waals surface area contributed by atoms with Gasteiger partial charge in [0.2, 0.25) is 0 Å². The van der Waals surface area contributed by atoms with Gasteiger partial charge in [-0.3, -0.25) is 4.79 Å². The molecule has 0 fully saturated rings. The number of rotatable bonds is 8. The van der Waals surface area contributed by atoms with Gasteiger partial charge in [-0.1, -0.05) is 24.3 Å². The van der Waals surface area contributed by atoms with Crippen molar-refractivity contribution >= 4 is 12.1 Å². The largest absolute Gasteiger partial charge is 0.460 e. The van der Waals surface area contributed by atoms with E-state index in [-0.39, 0.29) is 18.4 Å². The molecule has 1 rings (SSSR count). The molecule has 0 aliphatic rings. The summed E-state index contributed by atoms with van der Waals surface area (Å²) in [6, 6.07) is 7.27. The third-order valence-electron chi connectivity index (χ3n) is 3.83. The van der Waals surface area contributed by atoms with E-state index in [0.717, 1.165) is 11.1 Å². The molecule has 1 atom stereocenters. The first-order valence-electron chi connectivity index (χ1n) is 9.21. The summed E-state index contributed by atoms with van der Waals surface area (Å²) in [5, 5.41) is 2.83. The average Bonchev–Trinajstić information content (AvgIpc) is 2.50. The zero-order valence-electron chi connectivity index (χ0n) is 17.5. The van der Waals surface area contributed by atoms with E-state index in [9.17, 15) is 9.59 Å². The Bertz CT molecular complexity index is 634. The molecular formula is C21H33NO5. The van der Waals surface area contributed by atoms with Crippen LogP contribution < -0.4 is 5.32 Å². The summed E-state index contributed by atoms with van der Waals surface area (Å²) in [4.78, 5) is 24.2. The van der Waals surface area contributed by atoms with E-state index in [1.807, 2.05) is 65.8 Å². The van der Waals surface area contributed by atoms with Gasteiger partial charge in [-0.2, -0.15) is 0 Å². The molecule has 1 aromatic carbocycles. The third kappa shape index (κ3) is 9.43. The van der Waals surface area contributed by atoms with Crippen LogP contribution in [-0.2, 0) is 25.4 Å². The number of alkyl carbamates (subject to hydrolysis) is 1. The molecule has 6 nitrogen and oxygen atoms in total. The van der Waals surface area contributed by atoms with Crippen LogP contribution in [0.3, 0.4) is 0 Å². The Morgan fingerprint density at radius 3 is 2.37 bits per heavy atom. The summed E-state index contributed by atoms with van der Waals surface area (Å²) >= 11 is 0. The van der Waals surface area contributed by atoms with Crippen LogP contribution in [0, 0.1) is 0 Å². The predicted molar refractivity (Wildman–Crippen MR) is 105 cm³/mol. The lowest BCUT2D eigenvalue weighted by Gasteiger charge is -2.26. The highest BCUT2D eigenvalue weighted by Gasteiger charge is 2.24. The first-order chi connectivity index (χ1) is 12.4.